The van der Waals surface area contributed by atoms with Crippen LogP contribution in [-0.2, 0) is 5.41 Å². The number of benzene rings is 1. The first-order chi connectivity index (χ1) is 8.64. The van der Waals surface area contributed by atoms with E-state index in [0.717, 1.165) is 11.8 Å². The van der Waals surface area contributed by atoms with E-state index >= 15 is 0 Å². The van der Waals surface area contributed by atoms with Gasteiger partial charge in [-0.1, -0.05) is 57.5 Å². The molecule has 4 rings (SSSR count). The van der Waals surface area contributed by atoms with Gasteiger partial charge in [0.25, 0.3) is 0 Å². The van der Waals surface area contributed by atoms with Gasteiger partial charge < -0.3 is 0 Å². The Morgan fingerprint density at radius 3 is 2.28 bits per heavy atom. The number of fused-ring (bicyclic) bond motifs is 4. The van der Waals surface area contributed by atoms with Crippen LogP contribution in [-0.4, -0.2) is 0 Å². The van der Waals surface area contributed by atoms with Gasteiger partial charge in [0.2, 0.25) is 0 Å². The third kappa shape index (κ3) is 0.770. The van der Waals surface area contributed by atoms with E-state index in [1.54, 1.807) is 5.56 Å². The van der Waals surface area contributed by atoms with Crippen molar-refractivity contribution >= 4 is 0 Å². The Morgan fingerprint density at radius 1 is 1.06 bits per heavy atom. The Hall–Kier alpha value is -0.780. The minimum absolute atomic E-state index is 0.542. The Morgan fingerprint density at radius 2 is 1.72 bits per heavy atom. The summed E-state index contributed by atoms with van der Waals surface area (Å²) >= 11 is 0. The molecule has 3 saturated carbocycles. The molecule has 96 valence electrons. The average Bonchev–Trinajstić information content (AvgIpc) is 2.69. The monoisotopic (exact) mass is 240 g/mol. The zero-order valence-corrected chi connectivity index (χ0v) is 11.9. The SMILES string of the molecule is CCCC1(C)C2(C)C3CCC3C12c1ccccc1. The maximum Gasteiger partial charge on any atom is 0.0105 e. The molecule has 3 aliphatic rings. The number of hydrogen-bond donors (Lipinski definition) is 0. The molecule has 1 aromatic rings. The molecule has 0 radical (unpaired) electrons. The highest BCUT2D eigenvalue weighted by molar-refractivity contribution is 5.55. The van der Waals surface area contributed by atoms with Gasteiger partial charge in [-0.15, -0.1) is 0 Å². The largest absolute Gasteiger partial charge is 0.0654 e. The first kappa shape index (κ1) is 11.1. The molecule has 5 atom stereocenters. The fourth-order valence-corrected chi connectivity index (χ4v) is 6.65. The topological polar surface area (TPSA) is 0 Å². The van der Waals surface area contributed by atoms with Gasteiger partial charge >= 0.3 is 0 Å². The summed E-state index contributed by atoms with van der Waals surface area (Å²) in [6.45, 7) is 7.53. The van der Waals surface area contributed by atoms with Crippen molar-refractivity contribution in [2.45, 2.75) is 51.9 Å². The van der Waals surface area contributed by atoms with Crippen LogP contribution in [0.25, 0.3) is 0 Å². The van der Waals surface area contributed by atoms with E-state index in [4.69, 9.17) is 0 Å². The summed E-state index contributed by atoms with van der Waals surface area (Å²) in [6.07, 6.45) is 5.72. The van der Waals surface area contributed by atoms with Crippen molar-refractivity contribution in [3.05, 3.63) is 35.9 Å². The normalized spacial score (nSPS) is 51.7. The summed E-state index contributed by atoms with van der Waals surface area (Å²) < 4.78 is 0. The smallest absolute Gasteiger partial charge is 0.0105 e. The molecule has 0 spiro atoms. The molecule has 0 nitrogen and oxygen atoms in total. The van der Waals surface area contributed by atoms with Crippen LogP contribution in [0.15, 0.2) is 30.3 Å². The van der Waals surface area contributed by atoms with E-state index in [1.807, 2.05) is 0 Å². The second-order valence-corrected chi connectivity index (χ2v) is 7.25. The molecular weight excluding hydrogens is 216 g/mol. The van der Waals surface area contributed by atoms with Crippen molar-refractivity contribution in [1.29, 1.82) is 0 Å². The summed E-state index contributed by atoms with van der Waals surface area (Å²) in [6, 6.07) is 11.4. The number of rotatable bonds is 3. The molecule has 0 heteroatoms. The Bertz CT molecular complexity index is 490. The predicted molar refractivity (Wildman–Crippen MR) is 75.5 cm³/mol. The lowest BCUT2D eigenvalue weighted by molar-refractivity contribution is -0.0483. The molecule has 5 unspecified atom stereocenters. The fourth-order valence-electron chi connectivity index (χ4n) is 6.65. The first-order valence-corrected chi connectivity index (χ1v) is 7.70. The minimum Gasteiger partial charge on any atom is -0.0654 e. The second-order valence-electron chi connectivity index (χ2n) is 7.25. The van der Waals surface area contributed by atoms with Gasteiger partial charge in [0, 0.05) is 5.41 Å². The van der Waals surface area contributed by atoms with Crippen LogP contribution in [0.2, 0.25) is 0 Å². The van der Waals surface area contributed by atoms with Gasteiger partial charge in [0.1, 0.15) is 0 Å². The highest BCUT2D eigenvalue weighted by atomic mass is 15.0. The molecule has 0 amide bonds. The Balaban J connectivity index is 1.84. The van der Waals surface area contributed by atoms with Crippen molar-refractivity contribution in [3.8, 4) is 0 Å². The third-order valence-electron chi connectivity index (χ3n) is 7.32. The Kier molecular flexibility index (Phi) is 1.86. The van der Waals surface area contributed by atoms with Crippen molar-refractivity contribution in [1.82, 2.24) is 0 Å². The number of hydrogen-bond acceptors (Lipinski definition) is 0. The summed E-state index contributed by atoms with van der Waals surface area (Å²) in [5.41, 5.74) is 3.37. The van der Waals surface area contributed by atoms with Gasteiger partial charge in [-0.25, -0.2) is 0 Å². The lowest BCUT2D eigenvalue weighted by Crippen LogP contribution is -2.54. The van der Waals surface area contributed by atoms with Crippen LogP contribution in [0.4, 0.5) is 0 Å². The highest BCUT2D eigenvalue weighted by Gasteiger charge is 2.95. The van der Waals surface area contributed by atoms with Gasteiger partial charge in [0.05, 0.1) is 0 Å². The van der Waals surface area contributed by atoms with Crippen LogP contribution in [0.5, 0.6) is 0 Å². The van der Waals surface area contributed by atoms with Crippen molar-refractivity contribution in [2.75, 3.05) is 0 Å². The molecule has 0 N–H and O–H groups in total. The zero-order chi connectivity index (χ0) is 12.6. The van der Waals surface area contributed by atoms with Crippen molar-refractivity contribution in [2.24, 2.45) is 22.7 Å². The van der Waals surface area contributed by atoms with Crippen LogP contribution < -0.4 is 0 Å². The van der Waals surface area contributed by atoms with Crippen molar-refractivity contribution in [3.63, 3.8) is 0 Å². The molecule has 18 heavy (non-hydrogen) atoms. The molecule has 0 heterocycles. The molecule has 0 saturated heterocycles. The lowest BCUT2D eigenvalue weighted by Gasteiger charge is -2.58. The van der Waals surface area contributed by atoms with E-state index < -0.39 is 0 Å². The quantitative estimate of drug-likeness (QED) is 0.712. The van der Waals surface area contributed by atoms with Crippen LogP contribution in [0.1, 0.15) is 52.0 Å². The molecule has 3 aliphatic carbocycles. The molecule has 1 aromatic carbocycles. The summed E-state index contributed by atoms with van der Waals surface area (Å²) in [5.74, 6) is 2.04. The van der Waals surface area contributed by atoms with Crippen molar-refractivity contribution < 1.29 is 0 Å². The van der Waals surface area contributed by atoms with E-state index in [2.05, 4.69) is 51.1 Å². The second kappa shape index (κ2) is 3.03. The van der Waals surface area contributed by atoms with E-state index in [-0.39, 0.29) is 0 Å². The average molecular weight is 240 g/mol. The summed E-state index contributed by atoms with van der Waals surface area (Å²) in [7, 11) is 0. The third-order valence-corrected chi connectivity index (χ3v) is 7.32. The Labute approximate surface area is 111 Å². The predicted octanol–water partition coefficient (Wildman–Crippen LogP) is 4.79. The highest BCUT2D eigenvalue weighted by Crippen LogP contribution is 2.97. The molecule has 0 aliphatic heterocycles. The molecule has 0 aromatic heterocycles. The molecular formula is C18H24. The van der Waals surface area contributed by atoms with E-state index in [1.165, 1.54) is 25.7 Å². The van der Waals surface area contributed by atoms with E-state index in [0.29, 0.717) is 16.2 Å². The first-order valence-electron chi connectivity index (χ1n) is 7.70. The molecule has 3 fully saturated rings. The van der Waals surface area contributed by atoms with Gasteiger partial charge in [0.15, 0.2) is 0 Å². The summed E-state index contributed by atoms with van der Waals surface area (Å²) in [5, 5.41) is 0. The fraction of sp³-hybridized carbons (Fsp3) is 0.667. The van der Waals surface area contributed by atoms with Gasteiger partial charge in [-0.05, 0) is 47.5 Å². The van der Waals surface area contributed by atoms with Gasteiger partial charge in [-0.3, -0.25) is 0 Å². The van der Waals surface area contributed by atoms with E-state index in [9.17, 15) is 0 Å². The van der Waals surface area contributed by atoms with Crippen LogP contribution in [0, 0.1) is 22.7 Å². The lowest BCUT2D eigenvalue weighted by atomic mass is 9.46. The van der Waals surface area contributed by atoms with Gasteiger partial charge in [-0.2, -0.15) is 0 Å². The standard InChI is InChI=1S/C18H24/c1-4-12-16(2)17(3)14-10-11-15(14)18(16,17)13-8-6-5-7-9-13/h5-9,14-15H,4,10-12H2,1-3H3. The maximum absolute atomic E-state index is 2.59. The molecule has 0 bridgehead atoms. The maximum atomic E-state index is 2.59. The summed E-state index contributed by atoms with van der Waals surface area (Å²) in [4.78, 5) is 0. The minimum atomic E-state index is 0.542. The van der Waals surface area contributed by atoms with Crippen LogP contribution in [0.3, 0.4) is 0 Å². The van der Waals surface area contributed by atoms with Crippen LogP contribution >= 0.6 is 0 Å². The zero-order valence-electron chi connectivity index (χ0n) is 11.9.